The molecule has 0 bridgehead atoms. The summed E-state index contributed by atoms with van der Waals surface area (Å²) in [5.74, 6) is 0.117. The number of amides is 1. The summed E-state index contributed by atoms with van der Waals surface area (Å²) in [5, 5.41) is 29.9. The van der Waals surface area contributed by atoms with Gasteiger partial charge in [-0.25, -0.2) is 9.50 Å². The van der Waals surface area contributed by atoms with Crippen LogP contribution < -0.4 is 14.8 Å². The van der Waals surface area contributed by atoms with Gasteiger partial charge in [-0.3, -0.25) is 14.4 Å². The Hall–Kier alpha value is -4.92. The third-order valence-corrected chi connectivity index (χ3v) is 6.40. The van der Waals surface area contributed by atoms with Crippen LogP contribution in [0.25, 0.3) is 16.9 Å². The fourth-order valence-corrected chi connectivity index (χ4v) is 4.57. The van der Waals surface area contributed by atoms with E-state index in [0.29, 0.717) is 36.8 Å². The van der Waals surface area contributed by atoms with Gasteiger partial charge in [-0.05, 0) is 42.0 Å². The van der Waals surface area contributed by atoms with Gasteiger partial charge in [0.25, 0.3) is 5.91 Å². The average molecular weight is 594 g/mol. The van der Waals surface area contributed by atoms with Gasteiger partial charge in [-0.1, -0.05) is 12.1 Å². The number of aliphatic hydroxyl groups is 2. The summed E-state index contributed by atoms with van der Waals surface area (Å²) in [5.41, 5.74) is 2.04. The van der Waals surface area contributed by atoms with Gasteiger partial charge in [-0.2, -0.15) is 19.0 Å². The zero-order valence-corrected chi connectivity index (χ0v) is 23.1. The second kappa shape index (κ2) is 13.4. The highest BCUT2D eigenvalue weighted by molar-refractivity contribution is 6.09. The highest BCUT2D eigenvalue weighted by atomic mass is 19.3. The largest absolute Gasteiger partial charge is 0.457 e. The minimum atomic E-state index is -3.10. The Labute approximate surface area is 244 Å². The summed E-state index contributed by atoms with van der Waals surface area (Å²) in [4.78, 5) is 19.3. The number of aryl methyl sites for hydroxylation is 1. The molecule has 0 unspecified atom stereocenters. The number of nitrogens with one attached hydrogen (secondary N) is 1. The second-order valence-corrected chi connectivity index (χ2v) is 9.47. The summed E-state index contributed by atoms with van der Waals surface area (Å²) in [6.07, 6.45) is 6.12. The zero-order chi connectivity index (χ0) is 30.3. The summed E-state index contributed by atoms with van der Waals surface area (Å²) in [6.45, 7) is -1.91. The van der Waals surface area contributed by atoms with Crippen molar-refractivity contribution in [3.63, 3.8) is 0 Å². The van der Waals surface area contributed by atoms with E-state index in [-0.39, 0.29) is 41.5 Å². The maximum Gasteiger partial charge on any atom is 0.387 e. The Kier molecular flexibility index (Phi) is 9.20. The van der Waals surface area contributed by atoms with Crippen molar-refractivity contribution in [1.29, 1.82) is 0 Å². The molecule has 3 aromatic heterocycles. The molecule has 0 radical (unpaired) electrons. The molecule has 0 saturated carbocycles. The molecule has 3 heterocycles. The number of carbonyl (C=O) groups is 1. The number of ether oxygens (including phenoxy) is 2. The first kappa shape index (κ1) is 29.6. The van der Waals surface area contributed by atoms with Gasteiger partial charge in [0.1, 0.15) is 28.5 Å². The molecule has 2 aromatic carbocycles. The molecule has 0 aliphatic rings. The first-order chi connectivity index (χ1) is 20.8. The number of nitrogens with zero attached hydrogens (tertiary/aromatic N) is 6. The molecule has 12 nitrogen and oxygen atoms in total. The van der Waals surface area contributed by atoms with Gasteiger partial charge in [0, 0.05) is 45.3 Å². The molecule has 0 atom stereocenters. The lowest BCUT2D eigenvalue weighted by molar-refractivity contribution is -0.0494. The van der Waals surface area contributed by atoms with Gasteiger partial charge in [0.05, 0.1) is 30.7 Å². The number of aromatic nitrogens is 5. The van der Waals surface area contributed by atoms with Crippen LogP contribution in [0.3, 0.4) is 0 Å². The number of rotatable bonds is 13. The van der Waals surface area contributed by atoms with Crippen LogP contribution in [0, 0.1) is 0 Å². The fourth-order valence-electron chi connectivity index (χ4n) is 4.57. The molecule has 0 spiro atoms. The van der Waals surface area contributed by atoms with E-state index in [2.05, 4.69) is 20.5 Å². The van der Waals surface area contributed by atoms with Crippen molar-refractivity contribution < 1.29 is 33.3 Å². The average Bonchev–Trinajstić information content (AvgIpc) is 3.57. The molecule has 0 saturated heterocycles. The summed E-state index contributed by atoms with van der Waals surface area (Å²) in [6, 6.07) is 13.3. The predicted molar refractivity (Wildman–Crippen MR) is 152 cm³/mol. The van der Waals surface area contributed by atoms with E-state index in [9.17, 15) is 23.8 Å². The van der Waals surface area contributed by atoms with E-state index in [1.165, 1.54) is 33.6 Å². The standard InChI is InChI=1S/C29H29F2N7O5/c1-36-18-24(34-28(41)23-16-33-38-9-3-8-32-27(23)38)26(35-36)22-15-21(6-7-25(22)43-29(30)31)42-20-5-2-4-19(14-20)17-37(10-12-39)11-13-40/h2-9,14-16,18,29,39-40H,10-13,17H2,1H3,(H,34,41). The number of fused-ring (bicyclic) bond motifs is 1. The van der Waals surface area contributed by atoms with E-state index >= 15 is 0 Å². The number of alkyl halides is 2. The topological polar surface area (TPSA) is 139 Å². The van der Waals surface area contributed by atoms with E-state index in [4.69, 9.17) is 9.47 Å². The van der Waals surface area contributed by atoms with Crippen LogP contribution >= 0.6 is 0 Å². The number of halogens is 2. The highest BCUT2D eigenvalue weighted by Crippen LogP contribution is 2.39. The number of anilines is 1. The third kappa shape index (κ3) is 7.12. The number of hydrogen-bond donors (Lipinski definition) is 3. The van der Waals surface area contributed by atoms with Gasteiger partial charge >= 0.3 is 6.61 Å². The van der Waals surface area contributed by atoms with Crippen molar-refractivity contribution in [2.24, 2.45) is 7.05 Å². The van der Waals surface area contributed by atoms with Gasteiger partial charge in [0.2, 0.25) is 0 Å². The van der Waals surface area contributed by atoms with Gasteiger partial charge in [0.15, 0.2) is 5.65 Å². The van der Waals surface area contributed by atoms with Crippen molar-refractivity contribution in [2.45, 2.75) is 13.2 Å². The molecule has 0 fully saturated rings. The van der Waals surface area contributed by atoms with Crippen LogP contribution in [0.5, 0.6) is 17.2 Å². The number of benzene rings is 2. The molecule has 14 heteroatoms. The van der Waals surface area contributed by atoms with Crippen molar-refractivity contribution in [3.05, 3.63) is 84.4 Å². The van der Waals surface area contributed by atoms with E-state index < -0.39 is 12.5 Å². The Morgan fingerprint density at radius 3 is 2.65 bits per heavy atom. The molecule has 0 aliphatic heterocycles. The van der Waals surface area contributed by atoms with Gasteiger partial charge in [-0.15, -0.1) is 0 Å². The molecule has 3 N–H and O–H groups in total. The van der Waals surface area contributed by atoms with Crippen LogP contribution in [0.4, 0.5) is 14.5 Å². The monoisotopic (exact) mass is 593 g/mol. The molecular weight excluding hydrogens is 564 g/mol. The van der Waals surface area contributed by atoms with Crippen molar-refractivity contribution in [3.8, 4) is 28.5 Å². The van der Waals surface area contributed by atoms with E-state index in [0.717, 1.165) is 5.56 Å². The molecule has 5 rings (SSSR count). The maximum atomic E-state index is 13.4. The fraction of sp³-hybridized carbons (Fsp3) is 0.241. The highest BCUT2D eigenvalue weighted by Gasteiger charge is 2.22. The smallest absolute Gasteiger partial charge is 0.387 e. The lowest BCUT2D eigenvalue weighted by Crippen LogP contribution is -2.29. The quantitative estimate of drug-likeness (QED) is 0.187. The van der Waals surface area contributed by atoms with Crippen LogP contribution in [0.1, 0.15) is 15.9 Å². The summed E-state index contributed by atoms with van der Waals surface area (Å²) >= 11 is 0. The summed E-state index contributed by atoms with van der Waals surface area (Å²) < 4.78 is 40.5. The number of carbonyl (C=O) groups excluding carboxylic acids is 1. The second-order valence-electron chi connectivity index (χ2n) is 9.47. The van der Waals surface area contributed by atoms with Crippen LogP contribution in [-0.2, 0) is 13.6 Å². The molecular formula is C29H29F2N7O5. The minimum absolute atomic E-state index is 0.0436. The van der Waals surface area contributed by atoms with Crippen molar-refractivity contribution in [2.75, 3.05) is 31.6 Å². The lowest BCUT2D eigenvalue weighted by atomic mass is 10.1. The molecule has 0 aliphatic carbocycles. The molecule has 1 amide bonds. The Morgan fingerprint density at radius 2 is 1.88 bits per heavy atom. The maximum absolute atomic E-state index is 13.4. The first-order valence-electron chi connectivity index (χ1n) is 13.3. The lowest BCUT2D eigenvalue weighted by Gasteiger charge is -2.20. The SMILES string of the molecule is Cn1cc(NC(=O)c2cnn3cccnc23)c(-c2cc(Oc3cccc(CN(CCO)CCO)c3)ccc2OC(F)F)n1. The number of aliphatic hydroxyl groups excluding tert-OH is 2. The normalized spacial score (nSPS) is 11.4. The zero-order valence-electron chi connectivity index (χ0n) is 23.1. The molecule has 5 aromatic rings. The van der Waals surface area contributed by atoms with Crippen LogP contribution in [0.15, 0.2) is 73.3 Å². The Bertz CT molecular complexity index is 1700. The van der Waals surface area contributed by atoms with Gasteiger partial charge < -0.3 is 25.0 Å². The Balaban J connectivity index is 1.44. The van der Waals surface area contributed by atoms with Crippen LogP contribution in [0.2, 0.25) is 0 Å². The number of hydrogen-bond acceptors (Lipinski definition) is 9. The van der Waals surface area contributed by atoms with E-state index in [1.54, 1.807) is 43.8 Å². The van der Waals surface area contributed by atoms with E-state index in [1.807, 2.05) is 17.0 Å². The molecule has 224 valence electrons. The van der Waals surface area contributed by atoms with Crippen molar-refractivity contribution >= 4 is 17.2 Å². The Morgan fingerprint density at radius 1 is 1.09 bits per heavy atom. The third-order valence-electron chi connectivity index (χ3n) is 6.40. The minimum Gasteiger partial charge on any atom is -0.457 e. The van der Waals surface area contributed by atoms with Crippen molar-refractivity contribution in [1.82, 2.24) is 29.3 Å². The summed E-state index contributed by atoms with van der Waals surface area (Å²) in [7, 11) is 1.63. The first-order valence-corrected chi connectivity index (χ1v) is 13.3. The van der Waals surface area contributed by atoms with Crippen LogP contribution in [-0.4, -0.2) is 78.3 Å². The molecule has 43 heavy (non-hydrogen) atoms. The predicted octanol–water partition coefficient (Wildman–Crippen LogP) is 3.56.